The van der Waals surface area contributed by atoms with Crippen LogP contribution in [0.1, 0.15) is 65.4 Å². The molecule has 5 unspecified atom stereocenters. The smallest absolute Gasteiger partial charge is 0.326 e. The van der Waals surface area contributed by atoms with Crippen LogP contribution >= 0.6 is 0 Å². The Morgan fingerprint density at radius 3 is 2.25 bits per heavy atom. The van der Waals surface area contributed by atoms with Gasteiger partial charge in [0.15, 0.2) is 0 Å². The number of carbonyl (C=O) groups is 4. The minimum Gasteiger partial charge on any atom is -0.480 e. The molecule has 11 heteroatoms. The SMILES string of the molecule is CCC(C)C(NC(=O)C(CCCCN)NC(=O)C(N)Cc1c[nH]c2ccccc12)C(=O)NC(CC(C)C)C(=O)O. The van der Waals surface area contributed by atoms with Crippen molar-refractivity contribution in [2.45, 2.75) is 90.4 Å². The van der Waals surface area contributed by atoms with Gasteiger partial charge in [0.05, 0.1) is 6.04 Å². The molecule has 40 heavy (non-hydrogen) atoms. The van der Waals surface area contributed by atoms with Crippen LogP contribution in [0, 0.1) is 11.8 Å². The Labute approximate surface area is 236 Å². The zero-order chi connectivity index (χ0) is 29.8. The van der Waals surface area contributed by atoms with E-state index in [0.29, 0.717) is 32.2 Å². The first-order chi connectivity index (χ1) is 19.0. The molecule has 0 aliphatic heterocycles. The van der Waals surface area contributed by atoms with Gasteiger partial charge in [-0.2, -0.15) is 0 Å². The number of carboxylic acids is 1. The number of aliphatic carboxylic acids is 1. The topological polar surface area (TPSA) is 192 Å². The van der Waals surface area contributed by atoms with E-state index < -0.39 is 47.9 Å². The summed E-state index contributed by atoms with van der Waals surface area (Å²) in [6, 6.07) is 3.84. The van der Waals surface area contributed by atoms with Crippen molar-refractivity contribution in [2.75, 3.05) is 6.54 Å². The lowest BCUT2D eigenvalue weighted by molar-refractivity contribution is -0.143. The number of benzene rings is 1. The van der Waals surface area contributed by atoms with Gasteiger partial charge in [-0.3, -0.25) is 14.4 Å². The second kappa shape index (κ2) is 16.0. The molecule has 0 spiro atoms. The number of fused-ring (bicyclic) bond motifs is 1. The second-order valence-electron chi connectivity index (χ2n) is 10.9. The molecule has 1 heterocycles. The molecule has 1 aromatic heterocycles. The van der Waals surface area contributed by atoms with Gasteiger partial charge in [-0.1, -0.05) is 52.3 Å². The summed E-state index contributed by atoms with van der Waals surface area (Å²) < 4.78 is 0. The summed E-state index contributed by atoms with van der Waals surface area (Å²) in [4.78, 5) is 54.5. The van der Waals surface area contributed by atoms with Crippen molar-refractivity contribution in [1.82, 2.24) is 20.9 Å². The van der Waals surface area contributed by atoms with Gasteiger partial charge in [-0.25, -0.2) is 4.79 Å². The van der Waals surface area contributed by atoms with Crippen LogP contribution < -0.4 is 27.4 Å². The number of carbonyl (C=O) groups excluding carboxylic acids is 3. The lowest BCUT2D eigenvalue weighted by Gasteiger charge is -2.28. The van der Waals surface area contributed by atoms with E-state index in [2.05, 4.69) is 20.9 Å². The lowest BCUT2D eigenvalue weighted by atomic mass is 9.96. The highest BCUT2D eigenvalue weighted by atomic mass is 16.4. The fraction of sp³-hybridized carbons (Fsp3) is 0.586. The summed E-state index contributed by atoms with van der Waals surface area (Å²) in [5.74, 6) is -2.94. The van der Waals surface area contributed by atoms with E-state index in [1.165, 1.54) is 0 Å². The predicted octanol–water partition coefficient (Wildman–Crippen LogP) is 1.80. The Kier molecular flexibility index (Phi) is 13.1. The molecular formula is C29H46N6O5. The molecule has 3 amide bonds. The zero-order valence-electron chi connectivity index (χ0n) is 24.0. The van der Waals surface area contributed by atoms with Crippen molar-refractivity contribution in [3.8, 4) is 0 Å². The number of para-hydroxylation sites is 1. The Morgan fingerprint density at radius 1 is 0.950 bits per heavy atom. The number of hydrogen-bond donors (Lipinski definition) is 7. The van der Waals surface area contributed by atoms with Crippen LogP contribution in [0.2, 0.25) is 0 Å². The first-order valence-corrected chi connectivity index (χ1v) is 14.1. The van der Waals surface area contributed by atoms with Crippen LogP contribution in [-0.2, 0) is 25.6 Å². The fourth-order valence-electron chi connectivity index (χ4n) is 4.58. The van der Waals surface area contributed by atoms with Gasteiger partial charge in [0.25, 0.3) is 0 Å². The summed E-state index contributed by atoms with van der Waals surface area (Å²) in [6.07, 6.45) is 4.48. The van der Waals surface area contributed by atoms with E-state index in [0.717, 1.165) is 16.5 Å². The highest BCUT2D eigenvalue weighted by Gasteiger charge is 2.33. The average molecular weight is 559 g/mol. The third-order valence-corrected chi connectivity index (χ3v) is 7.15. The van der Waals surface area contributed by atoms with Crippen molar-refractivity contribution in [2.24, 2.45) is 23.3 Å². The largest absolute Gasteiger partial charge is 0.480 e. The van der Waals surface area contributed by atoms with Gasteiger partial charge < -0.3 is 37.5 Å². The van der Waals surface area contributed by atoms with E-state index >= 15 is 0 Å². The molecule has 0 radical (unpaired) electrons. The number of rotatable bonds is 17. The van der Waals surface area contributed by atoms with Gasteiger partial charge in [0, 0.05) is 17.1 Å². The maximum absolute atomic E-state index is 13.4. The Morgan fingerprint density at radius 2 is 1.62 bits per heavy atom. The molecule has 0 bridgehead atoms. The van der Waals surface area contributed by atoms with Crippen molar-refractivity contribution in [3.05, 3.63) is 36.0 Å². The van der Waals surface area contributed by atoms with Crippen molar-refractivity contribution < 1.29 is 24.3 Å². The number of nitrogens with one attached hydrogen (secondary N) is 4. The van der Waals surface area contributed by atoms with Gasteiger partial charge in [0.2, 0.25) is 17.7 Å². The molecule has 11 nitrogen and oxygen atoms in total. The van der Waals surface area contributed by atoms with Crippen LogP contribution in [-0.4, -0.2) is 64.5 Å². The minimum absolute atomic E-state index is 0.0497. The number of nitrogens with two attached hydrogens (primary N) is 2. The van der Waals surface area contributed by atoms with E-state index in [1.54, 1.807) is 0 Å². The monoisotopic (exact) mass is 558 g/mol. The van der Waals surface area contributed by atoms with Crippen LogP contribution in [0.15, 0.2) is 30.5 Å². The zero-order valence-corrected chi connectivity index (χ0v) is 24.0. The molecule has 5 atom stereocenters. The summed E-state index contributed by atoms with van der Waals surface area (Å²) in [6.45, 7) is 7.86. The van der Waals surface area contributed by atoms with Crippen LogP contribution in [0.3, 0.4) is 0 Å². The predicted molar refractivity (Wildman–Crippen MR) is 155 cm³/mol. The maximum Gasteiger partial charge on any atom is 0.326 e. The second-order valence-corrected chi connectivity index (χ2v) is 10.9. The van der Waals surface area contributed by atoms with Crippen LogP contribution in [0.4, 0.5) is 0 Å². The lowest BCUT2D eigenvalue weighted by Crippen LogP contribution is -2.58. The summed E-state index contributed by atoms with van der Waals surface area (Å²) in [7, 11) is 0. The fourth-order valence-corrected chi connectivity index (χ4v) is 4.58. The van der Waals surface area contributed by atoms with Gasteiger partial charge in [-0.15, -0.1) is 0 Å². The number of aromatic nitrogens is 1. The highest BCUT2D eigenvalue weighted by Crippen LogP contribution is 2.19. The molecule has 2 rings (SSSR count). The molecule has 0 aliphatic rings. The van der Waals surface area contributed by atoms with Crippen LogP contribution in [0.5, 0.6) is 0 Å². The van der Waals surface area contributed by atoms with E-state index in [-0.39, 0.29) is 24.7 Å². The standard InChI is InChI=1S/C29H46N6O5/c1-5-18(4)25(28(38)34-24(29(39)40)14-17(2)3)35-27(37)23(12-8-9-13-30)33-26(36)21(31)15-19-16-32-22-11-7-6-10-20(19)22/h6-7,10-11,16-18,21,23-25,32H,5,8-9,12-15,30-31H2,1-4H3,(H,33,36)(H,34,38)(H,35,37)(H,39,40). The molecular weight excluding hydrogens is 512 g/mol. The average Bonchev–Trinajstić information content (AvgIpc) is 3.32. The normalized spacial score (nSPS) is 15.2. The van der Waals surface area contributed by atoms with Gasteiger partial charge >= 0.3 is 5.97 Å². The first kappa shape index (κ1) is 32.8. The number of aromatic amines is 1. The van der Waals surface area contributed by atoms with E-state index in [9.17, 15) is 24.3 Å². The summed E-state index contributed by atoms with van der Waals surface area (Å²) in [5.41, 5.74) is 13.7. The number of hydrogen-bond acceptors (Lipinski definition) is 6. The minimum atomic E-state index is -1.13. The molecule has 0 aliphatic carbocycles. The van der Waals surface area contributed by atoms with Crippen molar-refractivity contribution >= 4 is 34.6 Å². The first-order valence-electron chi connectivity index (χ1n) is 14.1. The molecule has 0 saturated carbocycles. The third kappa shape index (κ3) is 9.63. The Hall–Kier alpha value is -3.44. The number of amides is 3. The van der Waals surface area contributed by atoms with E-state index in [4.69, 9.17) is 11.5 Å². The molecule has 1 aromatic carbocycles. The van der Waals surface area contributed by atoms with Crippen molar-refractivity contribution in [1.29, 1.82) is 0 Å². The Bertz CT molecular complexity index is 1130. The number of unbranched alkanes of at least 4 members (excludes halogenated alkanes) is 1. The van der Waals surface area contributed by atoms with Gasteiger partial charge in [-0.05, 0) is 62.1 Å². The highest BCUT2D eigenvalue weighted by molar-refractivity contribution is 5.94. The van der Waals surface area contributed by atoms with Gasteiger partial charge in [0.1, 0.15) is 18.1 Å². The molecule has 0 fully saturated rings. The molecule has 2 aromatic rings. The summed E-state index contributed by atoms with van der Waals surface area (Å²) >= 11 is 0. The quantitative estimate of drug-likeness (QED) is 0.144. The van der Waals surface area contributed by atoms with E-state index in [1.807, 2.05) is 58.2 Å². The third-order valence-electron chi connectivity index (χ3n) is 7.15. The molecule has 222 valence electrons. The van der Waals surface area contributed by atoms with Crippen LogP contribution in [0.25, 0.3) is 10.9 Å². The Balaban J connectivity index is 2.15. The van der Waals surface area contributed by atoms with Crippen molar-refractivity contribution in [3.63, 3.8) is 0 Å². The number of carboxylic acid groups (broad SMARTS) is 1. The maximum atomic E-state index is 13.4. The number of H-pyrrole nitrogens is 1. The summed E-state index contributed by atoms with van der Waals surface area (Å²) in [5, 5.41) is 18.7. The molecule has 0 saturated heterocycles. The molecule has 9 N–H and O–H groups in total.